The highest BCUT2D eigenvalue weighted by molar-refractivity contribution is 7.86. The molecule has 0 amide bonds. The van der Waals surface area contributed by atoms with Gasteiger partial charge in [-0.1, -0.05) is 66.7 Å². The highest BCUT2D eigenvalue weighted by atomic mass is 32.2. The van der Waals surface area contributed by atoms with Gasteiger partial charge in [-0.05, 0) is 47.5 Å². The van der Waals surface area contributed by atoms with Gasteiger partial charge in [-0.25, -0.2) is 0 Å². The number of nitrogens with one attached hydrogen (secondary N) is 2. The SMILES string of the molecule is Nc1c(-c2nc(Nc3ccccc3)nc(N(CCO)CCO)n2)ccc(C=Cc2ccc(-c3nc(Nc4ccccc4)nc(N(CCO)CCO)n3)cc2S(=O)(=O)O)c1S(=O)(=O)O. The molecule has 4 aromatic carbocycles. The number of anilines is 7. The Balaban J connectivity index is 1.43. The summed E-state index contributed by atoms with van der Waals surface area (Å²) < 4.78 is 72.6. The standard InChI is InChI=1S/C40H43N11O10S2/c41-33-31(36-45-38(43-30-9-5-2-6-10-30)49-40(47-36)51(19-23-54)20-24-55)16-15-27(34(33)63(59,60)61)13-11-26-12-14-28(25-32(26)62(56,57)58)35-44-37(42-29-7-3-1-4-8-29)48-39(46-35)50(17-21-52)18-22-53/h1-16,25,52-55H,17-24,41H2,(H,56,57,58)(H,59,60,61)(H,42,44,46,48)(H,43,45,47,49). The van der Waals surface area contributed by atoms with Crippen LogP contribution in [0.3, 0.4) is 0 Å². The summed E-state index contributed by atoms with van der Waals surface area (Å²) in [6.45, 7) is -1.10. The van der Waals surface area contributed by atoms with Gasteiger partial charge < -0.3 is 46.6 Å². The van der Waals surface area contributed by atoms with E-state index in [9.17, 15) is 46.4 Å². The van der Waals surface area contributed by atoms with Crippen LogP contribution < -0.4 is 26.2 Å². The summed E-state index contributed by atoms with van der Waals surface area (Å²) in [7, 11) is -10.1. The summed E-state index contributed by atoms with van der Waals surface area (Å²) in [5.74, 6) is -0.0866. The predicted molar refractivity (Wildman–Crippen MR) is 236 cm³/mol. The first kappa shape index (κ1) is 45.8. The van der Waals surface area contributed by atoms with Gasteiger partial charge in [0.1, 0.15) is 9.79 Å². The maximum absolute atomic E-state index is 13.0. The van der Waals surface area contributed by atoms with Crippen molar-refractivity contribution in [2.45, 2.75) is 9.79 Å². The fourth-order valence-corrected chi connectivity index (χ4v) is 7.76. The Kier molecular flexibility index (Phi) is 14.9. The molecule has 0 aliphatic heterocycles. The van der Waals surface area contributed by atoms with Crippen LogP contribution in [0.5, 0.6) is 0 Å². The van der Waals surface area contributed by atoms with Crippen LogP contribution >= 0.6 is 0 Å². The third-order valence-corrected chi connectivity index (χ3v) is 11.0. The quantitative estimate of drug-likeness (QED) is 0.0302. The highest BCUT2D eigenvalue weighted by Gasteiger charge is 2.25. The molecule has 0 bridgehead atoms. The number of aliphatic hydroxyl groups is 4. The lowest BCUT2D eigenvalue weighted by Gasteiger charge is -2.22. The van der Waals surface area contributed by atoms with Gasteiger partial charge in [-0.15, -0.1) is 0 Å². The normalized spacial score (nSPS) is 11.8. The maximum atomic E-state index is 13.0. The molecule has 0 aliphatic rings. The van der Waals surface area contributed by atoms with Gasteiger partial charge in [0.25, 0.3) is 20.2 Å². The van der Waals surface area contributed by atoms with Gasteiger partial charge in [0, 0.05) is 48.7 Å². The molecule has 0 atom stereocenters. The number of nitrogen functional groups attached to an aromatic ring is 1. The fraction of sp³-hybridized carbons (Fsp3) is 0.200. The van der Waals surface area contributed by atoms with Crippen molar-refractivity contribution in [2.24, 2.45) is 0 Å². The van der Waals surface area contributed by atoms with Crippen LogP contribution in [-0.4, -0.2) is 129 Å². The predicted octanol–water partition coefficient (Wildman–Crippen LogP) is 2.71. The summed E-state index contributed by atoms with van der Waals surface area (Å²) in [5, 5.41) is 44.8. The number of nitrogens with zero attached hydrogens (tertiary/aromatic N) is 8. The van der Waals surface area contributed by atoms with Crippen LogP contribution in [0.4, 0.5) is 40.9 Å². The molecule has 2 aromatic heterocycles. The average molecular weight is 902 g/mol. The van der Waals surface area contributed by atoms with E-state index in [0.29, 0.717) is 11.4 Å². The Morgan fingerprint density at radius 3 is 1.49 bits per heavy atom. The first-order chi connectivity index (χ1) is 30.2. The van der Waals surface area contributed by atoms with E-state index >= 15 is 0 Å². The van der Waals surface area contributed by atoms with Gasteiger partial charge in [0.15, 0.2) is 11.6 Å². The fourth-order valence-electron chi connectivity index (χ4n) is 6.23. The van der Waals surface area contributed by atoms with E-state index in [1.165, 1.54) is 46.2 Å². The third kappa shape index (κ3) is 11.6. The Morgan fingerprint density at radius 1 is 0.556 bits per heavy atom. The molecule has 0 aliphatic carbocycles. The minimum atomic E-state index is -5.10. The number of nitrogens with two attached hydrogens (primary N) is 1. The van der Waals surface area contributed by atoms with E-state index in [4.69, 9.17) is 5.73 Å². The molecule has 10 N–H and O–H groups in total. The lowest BCUT2D eigenvalue weighted by atomic mass is 10.1. The number of para-hydroxylation sites is 2. The monoisotopic (exact) mass is 901 g/mol. The summed E-state index contributed by atoms with van der Waals surface area (Å²) in [4.78, 5) is 28.2. The first-order valence-corrected chi connectivity index (χ1v) is 21.9. The molecule has 0 saturated carbocycles. The zero-order chi connectivity index (χ0) is 45.1. The van der Waals surface area contributed by atoms with E-state index < -0.39 is 35.7 Å². The summed E-state index contributed by atoms with van der Waals surface area (Å²) in [6.07, 6.45) is 2.36. The minimum Gasteiger partial charge on any atom is -0.397 e. The van der Waals surface area contributed by atoms with Crippen molar-refractivity contribution in [1.82, 2.24) is 29.9 Å². The molecule has 21 nitrogen and oxygen atoms in total. The zero-order valence-corrected chi connectivity index (χ0v) is 34.9. The van der Waals surface area contributed by atoms with Crippen LogP contribution in [0.1, 0.15) is 11.1 Å². The Bertz CT molecular complexity index is 2780. The summed E-state index contributed by atoms with van der Waals surface area (Å²) in [5.41, 5.74) is 6.93. The molecule has 6 rings (SSSR count). The molecule has 2 heterocycles. The second-order valence-corrected chi connectivity index (χ2v) is 16.1. The van der Waals surface area contributed by atoms with Gasteiger partial charge in [0.05, 0.1) is 32.1 Å². The Morgan fingerprint density at radius 2 is 1.02 bits per heavy atom. The van der Waals surface area contributed by atoms with Crippen LogP contribution in [0.15, 0.2) is 101 Å². The Hall–Kier alpha value is -6.70. The lowest BCUT2D eigenvalue weighted by Crippen LogP contribution is -2.31. The molecule has 0 saturated heterocycles. The molecule has 0 spiro atoms. The first-order valence-electron chi connectivity index (χ1n) is 19.0. The number of rotatable bonds is 20. The van der Waals surface area contributed by atoms with Crippen molar-refractivity contribution in [3.8, 4) is 22.8 Å². The van der Waals surface area contributed by atoms with Crippen molar-refractivity contribution in [3.05, 3.63) is 102 Å². The van der Waals surface area contributed by atoms with Gasteiger partial charge >= 0.3 is 0 Å². The third-order valence-electron chi connectivity index (χ3n) is 9.07. The van der Waals surface area contributed by atoms with Gasteiger partial charge in [0.2, 0.25) is 23.8 Å². The van der Waals surface area contributed by atoms with E-state index in [1.807, 2.05) is 6.07 Å². The van der Waals surface area contributed by atoms with Gasteiger partial charge in [-0.2, -0.15) is 46.7 Å². The van der Waals surface area contributed by atoms with Crippen molar-refractivity contribution in [2.75, 3.05) is 78.8 Å². The molecule has 0 fully saturated rings. The molecule has 0 unspecified atom stereocenters. The van der Waals surface area contributed by atoms with E-state index in [1.54, 1.807) is 54.6 Å². The average Bonchev–Trinajstić information content (AvgIpc) is 3.25. The molecule has 330 valence electrons. The van der Waals surface area contributed by atoms with E-state index in [0.717, 1.165) is 6.07 Å². The topological polar surface area (TPSA) is 324 Å². The number of hydrogen-bond donors (Lipinski definition) is 9. The molecular weight excluding hydrogens is 859 g/mol. The maximum Gasteiger partial charge on any atom is 0.297 e. The summed E-state index contributed by atoms with van der Waals surface area (Å²) >= 11 is 0. The highest BCUT2D eigenvalue weighted by Crippen LogP contribution is 2.35. The second-order valence-electron chi connectivity index (χ2n) is 13.4. The molecular formula is C40H43N11O10S2. The largest absolute Gasteiger partial charge is 0.397 e. The van der Waals surface area contributed by atoms with Crippen molar-refractivity contribution in [3.63, 3.8) is 0 Å². The van der Waals surface area contributed by atoms with Crippen molar-refractivity contribution >= 4 is 73.2 Å². The lowest BCUT2D eigenvalue weighted by molar-refractivity contribution is 0.279. The van der Waals surface area contributed by atoms with Gasteiger partial charge in [-0.3, -0.25) is 9.11 Å². The minimum absolute atomic E-state index is 0.00390. The van der Waals surface area contributed by atoms with Crippen LogP contribution in [0.25, 0.3) is 34.9 Å². The van der Waals surface area contributed by atoms with Crippen LogP contribution in [-0.2, 0) is 20.2 Å². The number of benzene rings is 4. The number of hydrogen-bond acceptors (Lipinski definition) is 19. The van der Waals surface area contributed by atoms with E-state index in [2.05, 4.69) is 40.5 Å². The molecule has 0 radical (unpaired) electrons. The van der Waals surface area contributed by atoms with Crippen molar-refractivity contribution in [1.29, 1.82) is 0 Å². The smallest absolute Gasteiger partial charge is 0.297 e. The van der Waals surface area contributed by atoms with E-state index in [-0.39, 0.29) is 110 Å². The number of aliphatic hydroxyl groups excluding tert-OH is 4. The molecule has 63 heavy (non-hydrogen) atoms. The summed E-state index contributed by atoms with van der Waals surface area (Å²) in [6, 6.07) is 24.2. The zero-order valence-electron chi connectivity index (χ0n) is 33.3. The van der Waals surface area contributed by atoms with Crippen LogP contribution in [0.2, 0.25) is 0 Å². The Labute approximate surface area is 361 Å². The second kappa shape index (κ2) is 20.4. The van der Waals surface area contributed by atoms with Crippen molar-refractivity contribution < 1.29 is 46.4 Å². The molecule has 6 aromatic rings. The number of aromatic nitrogens is 6. The van der Waals surface area contributed by atoms with Crippen LogP contribution in [0, 0.1) is 0 Å². The molecule has 23 heteroatoms.